The first kappa shape index (κ1) is 15.1. The number of ether oxygens (including phenoxy) is 2. The maximum Gasteiger partial charge on any atom is 0.338 e. The molecule has 3 rings (SSSR count). The average molecular weight is 314 g/mol. The number of hydrogen-bond donors (Lipinski definition) is 0. The van der Waals surface area contributed by atoms with Crippen LogP contribution in [0.1, 0.15) is 37.3 Å². The molecule has 1 saturated heterocycles. The number of rotatable bonds is 2. The van der Waals surface area contributed by atoms with Gasteiger partial charge in [-0.15, -0.1) is 0 Å². The lowest BCUT2D eigenvalue weighted by Gasteiger charge is -2.31. The Balaban J connectivity index is 1.88. The second-order valence-electron chi connectivity index (χ2n) is 5.98. The molecule has 2 heterocycles. The highest BCUT2D eigenvalue weighted by Crippen LogP contribution is 2.36. The lowest BCUT2D eigenvalue weighted by atomic mass is 9.75. The van der Waals surface area contributed by atoms with Crippen molar-refractivity contribution in [2.45, 2.75) is 31.6 Å². The highest BCUT2D eigenvalue weighted by Gasteiger charge is 2.38. The van der Waals surface area contributed by atoms with Crippen molar-refractivity contribution in [3.63, 3.8) is 0 Å². The van der Waals surface area contributed by atoms with Gasteiger partial charge in [0.1, 0.15) is 0 Å². The minimum Gasteiger partial charge on any atom is -0.393 e. The van der Waals surface area contributed by atoms with Gasteiger partial charge in [-0.05, 0) is 16.7 Å². The predicted molar refractivity (Wildman–Crippen MR) is 77.8 cm³/mol. The van der Waals surface area contributed by atoms with E-state index in [2.05, 4.69) is 9.47 Å². The monoisotopic (exact) mass is 314 g/mol. The lowest BCUT2D eigenvalue weighted by Crippen LogP contribution is -2.36. The summed E-state index contributed by atoms with van der Waals surface area (Å²) >= 11 is 0. The van der Waals surface area contributed by atoms with Crippen LogP contribution < -0.4 is 0 Å². The van der Waals surface area contributed by atoms with Crippen LogP contribution in [-0.4, -0.2) is 23.9 Å². The summed E-state index contributed by atoms with van der Waals surface area (Å²) < 4.78 is 9.02. The molecule has 118 valence electrons. The molecule has 0 saturated carbocycles. The Morgan fingerprint density at radius 2 is 1.48 bits per heavy atom. The Morgan fingerprint density at radius 3 is 2.04 bits per heavy atom. The number of cyclic esters (lactones) is 4. The van der Waals surface area contributed by atoms with Gasteiger partial charge in [0.15, 0.2) is 0 Å². The summed E-state index contributed by atoms with van der Waals surface area (Å²) in [4.78, 5) is 45.6. The normalized spacial score (nSPS) is 20.7. The van der Waals surface area contributed by atoms with Crippen LogP contribution in [0.3, 0.4) is 0 Å². The highest BCUT2D eigenvalue weighted by atomic mass is 16.6. The fraction of sp³-hybridized carbons (Fsp3) is 0.294. The molecular weight excluding hydrogens is 300 g/mol. The van der Waals surface area contributed by atoms with Gasteiger partial charge in [-0.1, -0.05) is 31.2 Å². The first-order chi connectivity index (χ1) is 10.9. The molecule has 23 heavy (non-hydrogen) atoms. The van der Waals surface area contributed by atoms with Crippen LogP contribution >= 0.6 is 0 Å². The van der Waals surface area contributed by atoms with Gasteiger partial charge in [-0.2, -0.15) is 0 Å². The molecule has 2 aliphatic heterocycles. The Bertz CT molecular complexity index is 725. The van der Waals surface area contributed by atoms with Gasteiger partial charge in [0.25, 0.3) is 0 Å². The molecule has 0 aliphatic carbocycles. The van der Waals surface area contributed by atoms with Gasteiger partial charge in [0, 0.05) is 11.5 Å². The standard InChI is InChI=1S/C17H14O6/c1-17(8-15(20)23-16(21)9-17)12-4-2-10(3-5-12)11-6-13(18)22-14(19)7-11/h2-6H,7-9H2,1H3. The molecule has 6 heteroatoms. The first-order valence-corrected chi connectivity index (χ1v) is 7.15. The average Bonchev–Trinajstić information content (AvgIpc) is 2.45. The Morgan fingerprint density at radius 1 is 0.870 bits per heavy atom. The number of esters is 4. The van der Waals surface area contributed by atoms with Gasteiger partial charge >= 0.3 is 23.9 Å². The maximum absolute atomic E-state index is 11.5. The molecule has 0 aromatic heterocycles. The molecule has 0 atom stereocenters. The van der Waals surface area contributed by atoms with Crippen LogP contribution in [0.25, 0.3) is 5.57 Å². The summed E-state index contributed by atoms with van der Waals surface area (Å²) in [5.41, 5.74) is 1.53. The van der Waals surface area contributed by atoms with E-state index in [9.17, 15) is 19.2 Å². The van der Waals surface area contributed by atoms with Crippen LogP contribution in [0, 0.1) is 0 Å². The Kier molecular flexibility index (Phi) is 3.60. The summed E-state index contributed by atoms with van der Waals surface area (Å²) in [5.74, 6) is -2.32. The molecule has 1 fully saturated rings. The SMILES string of the molecule is CC1(c2ccc(C3=CC(=O)OC(=O)C3)cc2)CC(=O)OC(=O)C1. The lowest BCUT2D eigenvalue weighted by molar-refractivity contribution is -0.166. The summed E-state index contributed by atoms with van der Waals surface area (Å²) in [5, 5.41) is 0. The largest absolute Gasteiger partial charge is 0.393 e. The van der Waals surface area contributed by atoms with Crippen LogP contribution in [-0.2, 0) is 34.1 Å². The topological polar surface area (TPSA) is 86.7 Å². The minimum atomic E-state index is -0.673. The summed E-state index contributed by atoms with van der Waals surface area (Å²) in [6.07, 6.45) is 1.59. The quantitative estimate of drug-likeness (QED) is 0.609. The van der Waals surface area contributed by atoms with Gasteiger partial charge < -0.3 is 9.47 Å². The van der Waals surface area contributed by atoms with E-state index in [1.165, 1.54) is 6.08 Å². The van der Waals surface area contributed by atoms with E-state index in [-0.39, 0.29) is 19.3 Å². The molecule has 0 amide bonds. The number of carbonyl (C=O) groups is 4. The molecule has 1 aromatic carbocycles. The van der Waals surface area contributed by atoms with Crippen molar-refractivity contribution >= 4 is 29.5 Å². The van der Waals surface area contributed by atoms with Crippen molar-refractivity contribution in [3.05, 3.63) is 41.5 Å². The Hall–Kier alpha value is -2.76. The van der Waals surface area contributed by atoms with Crippen molar-refractivity contribution in [1.29, 1.82) is 0 Å². The maximum atomic E-state index is 11.5. The smallest absolute Gasteiger partial charge is 0.338 e. The number of carbonyl (C=O) groups excluding carboxylic acids is 4. The zero-order chi connectivity index (χ0) is 16.6. The molecule has 0 N–H and O–H groups in total. The van der Waals surface area contributed by atoms with E-state index in [1.807, 2.05) is 6.92 Å². The van der Waals surface area contributed by atoms with E-state index in [1.54, 1.807) is 24.3 Å². The highest BCUT2D eigenvalue weighted by molar-refractivity contribution is 6.05. The summed E-state index contributed by atoms with van der Waals surface area (Å²) in [6.45, 7) is 1.83. The summed E-state index contributed by atoms with van der Waals surface area (Å²) in [6, 6.07) is 7.13. The van der Waals surface area contributed by atoms with Crippen molar-refractivity contribution in [2.75, 3.05) is 0 Å². The first-order valence-electron chi connectivity index (χ1n) is 7.15. The second kappa shape index (κ2) is 5.46. The molecule has 0 bridgehead atoms. The third kappa shape index (κ3) is 3.06. The molecule has 1 aromatic rings. The van der Waals surface area contributed by atoms with Crippen molar-refractivity contribution in [1.82, 2.24) is 0 Å². The third-order valence-corrected chi connectivity index (χ3v) is 4.09. The van der Waals surface area contributed by atoms with Crippen LogP contribution in [0.15, 0.2) is 30.3 Å². The molecule has 0 spiro atoms. The number of hydrogen-bond acceptors (Lipinski definition) is 6. The van der Waals surface area contributed by atoms with E-state index < -0.39 is 29.3 Å². The van der Waals surface area contributed by atoms with Gasteiger partial charge in [0.05, 0.1) is 19.3 Å². The second-order valence-corrected chi connectivity index (χ2v) is 5.98. The number of benzene rings is 1. The zero-order valence-electron chi connectivity index (χ0n) is 12.5. The fourth-order valence-corrected chi connectivity index (χ4v) is 2.90. The van der Waals surface area contributed by atoms with Crippen molar-refractivity contribution < 1.29 is 28.7 Å². The van der Waals surface area contributed by atoms with Crippen molar-refractivity contribution in [2.24, 2.45) is 0 Å². The summed E-state index contributed by atoms with van der Waals surface area (Å²) in [7, 11) is 0. The third-order valence-electron chi connectivity index (χ3n) is 4.09. The molecule has 0 unspecified atom stereocenters. The van der Waals surface area contributed by atoms with Gasteiger partial charge in [-0.25, -0.2) is 4.79 Å². The minimum absolute atomic E-state index is 0.0349. The van der Waals surface area contributed by atoms with Crippen LogP contribution in [0.4, 0.5) is 0 Å². The van der Waals surface area contributed by atoms with Crippen LogP contribution in [0.5, 0.6) is 0 Å². The zero-order valence-corrected chi connectivity index (χ0v) is 12.5. The van der Waals surface area contributed by atoms with E-state index >= 15 is 0 Å². The van der Waals surface area contributed by atoms with E-state index in [0.717, 1.165) is 11.1 Å². The molecular formula is C17H14O6. The van der Waals surface area contributed by atoms with E-state index in [0.29, 0.717) is 5.57 Å². The van der Waals surface area contributed by atoms with Crippen LogP contribution in [0.2, 0.25) is 0 Å². The van der Waals surface area contributed by atoms with Crippen molar-refractivity contribution in [3.8, 4) is 0 Å². The van der Waals surface area contributed by atoms with E-state index in [4.69, 9.17) is 0 Å². The Labute approximate surface area is 132 Å². The molecule has 6 nitrogen and oxygen atoms in total. The fourth-order valence-electron chi connectivity index (χ4n) is 2.90. The molecule has 2 aliphatic rings. The molecule has 0 radical (unpaired) electrons. The van der Waals surface area contributed by atoms with Gasteiger partial charge in [0.2, 0.25) is 0 Å². The van der Waals surface area contributed by atoms with Gasteiger partial charge in [-0.3, -0.25) is 14.4 Å². The predicted octanol–water partition coefficient (Wildman–Crippen LogP) is 1.66.